The van der Waals surface area contributed by atoms with E-state index in [4.69, 9.17) is 16.0 Å². The Labute approximate surface area is 172 Å². The van der Waals surface area contributed by atoms with Crippen molar-refractivity contribution in [1.82, 2.24) is 15.2 Å². The van der Waals surface area contributed by atoms with E-state index in [1.54, 1.807) is 38.1 Å². The molecule has 1 atom stereocenters. The molecule has 1 saturated heterocycles. The molecule has 150 valence electrons. The lowest BCUT2D eigenvalue weighted by molar-refractivity contribution is -0.139. The molecular weight excluding hydrogens is 396 g/mol. The summed E-state index contributed by atoms with van der Waals surface area (Å²) in [5, 5.41) is 8.94. The number of nitrogens with one attached hydrogen (secondary N) is 1. The van der Waals surface area contributed by atoms with Crippen LogP contribution in [-0.2, 0) is 9.59 Å². The summed E-state index contributed by atoms with van der Waals surface area (Å²) in [6.07, 6.45) is 1.96. The van der Waals surface area contributed by atoms with E-state index in [-0.39, 0.29) is 0 Å². The zero-order valence-corrected chi connectivity index (χ0v) is 16.6. The van der Waals surface area contributed by atoms with Crippen LogP contribution in [0.4, 0.5) is 4.79 Å². The van der Waals surface area contributed by atoms with Gasteiger partial charge in [-0.05, 0) is 43.7 Å². The van der Waals surface area contributed by atoms with Gasteiger partial charge in [-0.25, -0.2) is 9.80 Å². The summed E-state index contributed by atoms with van der Waals surface area (Å²) in [7, 11) is 0. The zero-order chi connectivity index (χ0) is 20.8. The van der Waals surface area contributed by atoms with Crippen molar-refractivity contribution in [2.24, 2.45) is 5.10 Å². The van der Waals surface area contributed by atoms with Crippen molar-refractivity contribution in [2.45, 2.75) is 31.8 Å². The molecule has 0 aliphatic carbocycles. The van der Waals surface area contributed by atoms with E-state index < -0.39 is 36.0 Å². The fourth-order valence-corrected chi connectivity index (χ4v) is 3.55. The first-order valence-corrected chi connectivity index (χ1v) is 9.47. The van der Waals surface area contributed by atoms with Gasteiger partial charge in [0.1, 0.15) is 23.9 Å². The third-order valence-electron chi connectivity index (χ3n) is 4.95. The molecule has 8 nitrogen and oxygen atoms in total. The van der Waals surface area contributed by atoms with Gasteiger partial charge < -0.3 is 9.73 Å². The van der Waals surface area contributed by atoms with Crippen LogP contribution in [0.2, 0.25) is 5.02 Å². The van der Waals surface area contributed by atoms with Gasteiger partial charge in [-0.15, -0.1) is 0 Å². The lowest BCUT2D eigenvalue weighted by atomic mass is 10.0. The number of hydrogen-bond acceptors (Lipinski definition) is 5. The highest BCUT2D eigenvalue weighted by Crippen LogP contribution is 2.33. The van der Waals surface area contributed by atoms with E-state index in [1.165, 1.54) is 11.3 Å². The lowest BCUT2D eigenvalue weighted by Crippen LogP contribution is -2.43. The van der Waals surface area contributed by atoms with Crippen LogP contribution in [0.1, 0.15) is 37.6 Å². The first-order chi connectivity index (χ1) is 13.8. The second kappa shape index (κ2) is 7.04. The minimum atomic E-state index is -1.04. The maximum absolute atomic E-state index is 13.0. The van der Waals surface area contributed by atoms with E-state index in [0.717, 1.165) is 10.5 Å². The van der Waals surface area contributed by atoms with E-state index in [1.807, 2.05) is 12.1 Å². The van der Waals surface area contributed by atoms with Crippen molar-refractivity contribution in [3.8, 4) is 0 Å². The first-order valence-electron chi connectivity index (χ1n) is 9.09. The number of nitrogens with zero attached hydrogens (tertiary/aromatic N) is 3. The average molecular weight is 415 g/mol. The normalized spacial score (nSPS) is 20.8. The van der Waals surface area contributed by atoms with Crippen molar-refractivity contribution in [1.29, 1.82) is 0 Å². The first kappa shape index (κ1) is 19.2. The molecular formula is C20H19ClN4O4. The number of hydrogen-bond donors (Lipinski definition) is 1. The number of benzene rings is 1. The second-order valence-electron chi connectivity index (χ2n) is 7.47. The Hall–Kier alpha value is -3.13. The molecule has 1 aromatic carbocycles. The van der Waals surface area contributed by atoms with Gasteiger partial charge in [-0.3, -0.25) is 14.5 Å². The summed E-state index contributed by atoms with van der Waals surface area (Å²) < 4.78 is 5.50. The van der Waals surface area contributed by atoms with Gasteiger partial charge in [0.25, 0.3) is 11.8 Å². The molecule has 1 N–H and O–H groups in total. The maximum Gasteiger partial charge on any atom is 0.325 e. The molecule has 3 heterocycles. The summed E-state index contributed by atoms with van der Waals surface area (Å²) in [4.78, 5) is 38.5. The zero-order valence-electron chi connectivity index (χ0n) is 15.9. The van der Waals surface area contributed by atoms with Gasteiger partial charge >= 0.3 is 6.03 Å². The van der Waals surface area contributed by atoms with Crippen molar-refractivity contribution >= 4 is 35.2 Å². The number of hydrazone groups is 1. The third kappa shape index (κ3) is 3.51. The molecule has 2 aromatic rings. The van der Waals surface area contributed by atoms with Crippen molar-refractivity contribution < 1.29 is 18.8 Å². The molecule has 4 amide bonds. The highest BCUT2D eigenvalue weighted by Gasteiger charge is 2.46. The number of furan rings is 1. The number of carbonyl (C=O) groups is 3. The van der Waals surface area contributed by atoms with Gasteiger partial charge in [0, 0.05) is 11.4 Å². The minimum Gasteiger partial charge on any atom is -0.467 e. The Bertz CT molecular complexity index is 998. The van der Waals surface area contributed by atoms with Gasteiger partial charge in [0.15, 0.2) is 0 Å². The summed E-state index contributed by atoms with van der Waals surface area (Å²) in [6, 6.07) is 9.60. The molecule has 4 rings (SSSR count). The molecule has 0 bridgehead atoms. The standard InChI is InChI=1S/C20H19ClN4O4/c1-20(2)18(27)24(19(28)22-20)11-17(26)25-15(16-4-3-9-29-16)10-14(23-25)12-5-7-13(21)8-6-12/h3-9,15H,10-11H2,1-2H3,(H,22,28). The molecule has 0 radical (unpaired) electrons. The van der Waals surface area contributed by atoms with E-state index >= 15 is 0 Å². The van der Waals surface area contributed by atoms with Crippen LogP contribution in [0, 0.1) is 0 Å². The predicted molar refractivity (Wildman–Crippen MR) is 105 cm³/mol. The number of imide groups is 1. The Morgan fingerprint density at radius 3 is 2.59 bits per heavy atom. The predicted octanol–water partition coefficient (Wildman–Crippen LogP) is 2.94. The Morgan fingerprint density at radius 2 is 2.00 bits per heavy atom. The van der Waals surface area contributed by atoms with Crippen LogP contribution >= 0.6 is 11.6 Å². The molecule has 2 aliphatic rings. The number of rotatable bonds is 4. The maximum atomic E-state index is 13.0. The monoisotopic (exact) mass is 414 g/mol. The second-order valence-corrected chi connectivity index (χ2v) is 7.91. The smallest absolute Gasteiger partial charge is 0.325 e. The number of amides is 4. The van der Waals surface area contributed by atoms with E-state index in [0.29, 0.717) is 22.9 Å². The molecule has 1 fully saturated rings. The van der Waals surface area contributed by atoms with Gasteiger partial charge in [0.05, 0.1) is 12.0 Å². The number of carbonyl (C=O) groups excluding carboxylic acids is 3. The number of halogens is 1. The Kier molecular flexibility index (Phi) is 4.66. The molecule has 1 unspecified atom stereocenters. The third-order valence-corrected chi connectivity index (χ3v) is 5.20. The molecule has 0 saturated carbocycles. The van der Waals surface area contributed by atoms with E-state index in [9.17, 15) is 14.4 Å². The average Bonchev–Trinajstić information content (AvgIpc) is 3.38. The van der Waals surface area contributed by atoms with Crippen LogP contribution in [-0.4, -0.2) is 45.5 Å². The molecule has 2 aliphatic heterocycles. The van der Waals surface area contributed by atoms with Crippen LogP contribution < -0.4 is 5.32 Å². The minimum absolute atomic E-state index is 0.400. The highest BCUT2D eigenvalue weighted by atomic mass is 35.5. The molecule has 0 spiro atoms. The van der Waals surface area contributed by atoms with Crippen molar-refractivity contribution in [3.05, 3.63) is 59.0 Å². The van der Waals surface area contributed by atoms with E-state index in [2.05, 4.69) is 10.4 Å². The van der Waals surface area contributed by atoms with Crippen LogP contribution in [0.15, 0.2) is 52.2 Å². The van der Waals surface area contributed by atoms with Crippen molar-refractivity contribution in [3.63, 3.8) is 0 Å². The topological polar surface area (TPSA) is 95.2 Å². The summed E-state index contributed by atoms with van der Waals surface area (Å²) in [5.74, 6) is -0.355. The summed E-state index contributed by atoms with van der Waals surface area (Å²) in [6.45, 7) is 2.79. The van der Waals surface area contributed by atoms with Crippen LogP contribution in [0.5, 0.6) is 0 Å². The Balaban J connectivity index is 1.61. The van der Waals surface area contributed by atoms with Crippen LogP contribution in [0.25, 0.3) is 0 Å². The quantitative estimate of drug-likeness (QED) is 0.778. The fraction of sp³-hybridized carbons (Fsp3) is 0.300. The molecule has 9 heteroatoms. The SMILES string of the molecule is CC1(C)NC(=O)N(CC(=O)N2N=C(c3ccc(Cl)cc3)CC2c2ccco2)C1=O. The molecule has 29 heavy (non-hydrogen) atoms. The largest absolute Gasteiger partial charge is 0.467 e. The summed E-state index contributed by atoms with van der Waals surface area (Å²) in [5.41, 5.74) is 0.479. The van der Waals surface area contributed by atoms with Crippen molar-refractivity contribution in [2.75, 3.05) is 6.54 Å². The lowest BCUT2D eigenvalue weighted by Gasteiger charge is -2.22. The fourth-order valence-electron chi connectivity index (χ4n) is 3.43. The Morgan fingerprint density at radius 1 is 1.28 bits per heavy atom. The van der Waals surface area contributed by atoms with Gasteiger partial charge in [-0.1, -0.05) is 23.7 Å². The van der Waals surface area contributed by atoms with Gasteiger partial charge in [0.2, 0.25) is 0 Å². The number of urea groups is 1. The summed E-state index contributed by atoms with van der Waals surface area (Å²) >= 11 is 5.96. The van der Waals surface area contributed by atoms with Crippen LogP contribution in [0.3, 0.4) is 0 Å². The highest BCUT2D eigenvalue weighted by molar-refractivity contribution is 6.30. The van der Waals surface area contributed by atoms with Gasteiger partial charge in [-0.2, -0.15) is 5.10 Å². The molecule has 1 aromatic heterocycles.